The summed E-state index contributed by atoms with van der Waals surface area (Å²) in [6, 6.07) is 7.98. The van der Waals surface area contributed by atoms with Crippen LogP contribution < -0.4 is 5.32 Å². The van der Waals surface area contributed by atoms with Crippen LogP contribution >= 0.6 is 0 Å². The van der Waals surface area contributed by atoms with Gasteiger partial charge in [-0.15, -0.1) is 0 Å². The number of carbonyl (C=O) groups is 2. The molecule has 5 heteroatoms. The number of fused-ring (bicyclic) bond motifs is 1. The maximum absolute atomic E-state index is 11.9. The van der Waals surface area contributed by atoms with Crippen molar-refractivity contribution in [3.63, 3.8) is 0 Å². The van der Waals surface area contributed by atoms with E-state index in [1.165, 1.54) is 0 Å². The lowest BCUT2D eigenvalue weighted by Gasteiger charge is -2.10. The lowest BCUT2D eigenvalue weighted by atomic mass is 10.1. The number of nitrogens with one attached hydrogen (secondary N) is 2. The molecule has 1 aromatic heterocycles. The summed E-state index contributed by atoms with van der Waals surface area (Å²) < 4.78 is 0. The van der Waals surface area contributed by atoms with Gasteiger partial charge in [0, 0.05) is 30.1 Å². The highest BCUT2D eigenvalue weighted by Gasteiger charge is 2.50. The molecule has 1 saturated carbocycles. The molecule has 0 spiro atoms. The Morgan fingerprint density at radius 2 is 2.05 bits per heavy atom. The summed E-state index contributed by atoms with van der Waals surface area (Å²) in [5.41, 5.74) is 1.48. The van der Waals surface area contributed by atoms with Crippen LogP contribution in [0.1, 0.15) is 24.8 Å². The summed E-state index contributed by atoms with van der Waals surface area (Å²) in [6.07, 6.45) is 4.27. The van der Waals surface area contributed by atoms with Crippen molar-refractivity contribution in [1.29, 1.82) is 0 Å². The van der Waals surface area contributed by atoms with E-state index >= 15 is 0 Å². The highest BCUT2D eigenvalue weighted by Crippen LogP contribution is 2.45. The molecular formula is C16H18N2O3. The second-order valence-corrected chi connectivity index (χ2v) is 5.72. The average molecular weight is 286 g/mol. The number of carboxylic acids is 1. The molecule has 0 unspecified atom stereocenters. The van der Waals surface area contributed by atoms with Crippen LogP contribution in [0.3, 0.4) is 0 Å². The molecule has 1 heterocycles. The molecule has 1 aliphatic carbocycles. The molecule has 5 nitrogen and oxygen atoms in total. The first-order valence-corrected chi connectivity index (χ1v) is 7.16. The van der Waals surface area contributed by atoms with Gasteiger partial charge in [-0.25, -0.2) is 0 Å². The number of aromatic amines is 1. The topological polar surface area (TPSA) is 82.2 Å². The lowest BCUT2D eigenvalue weighted by Crippen LogP contribution is -2.34. The third-order valence-electron chi connectivity index (χ3n) is 4.23. The quantitative estimate of drug-likeness (QED) is 0.760. The summed E-state index contributed by atoms with van der Waals surface area (Å²) in [4.78, 5) is 26.1. The maximum Gasteiger partial charge on any atom is 0.311 e. The molecule has 3 N–H and O–H groups in total. The van der Waals surface area contributed by atoms with Crippen LogP contribution in [0.2, 0.25) is 0 Å². The Morgan fingerprint density at radius 1 is 1.29 bits per heavy atom. The predicted octanol–water partition coefficient (Wildman–Crippen LogP) is 2.08. The van der Waals surface area contributed by atoms with Gasteiger partial charge < -0.3 is 15.4 Å². The third kappa shape index (κ3) is 2.77. The molecule has 21 heavy (non-hydrogen) atoms. The Kier molecular flexibility index (Phi) is 3.41. The first kappa shape index (κ1) is 13.7. The number of aromatic nitrogens is 1. The number of amides is 1. The number of H-pyrrole nitrogens is 1. The van der Waals surface area contributed by atoms with E-state index in [0.29, 0.717) is 25.7 Å². The zero-order chi connectivity index (χ0) is 14.9. The Morgan fingerprint density at radius 3 is 2.76 bits per heavy atom. The molecule has 0 atom stereocenters. The number of hydrogen-bond acceptors (Lipinski definition) is 2. The summed E-state index contributed by atoms with van der Waals surface area (Å²) in [5, 5.41) is 12.9. The van der Waals surface area contributed by atoms with Crippen LogP contribution in [0.4, 0.5) is 0 Å². The average Bonchev–Trinajstić information content (AvgIpc) is 3.18. The normalized spacial score (nSPS) is 15.8. The summed E-state index contributed by atoms with van der Waals surface area (Å²) in [6.45, 7) is 0.245. The van der Waals surface area contributed by atoms with Crippen molar-refractivity contribution < 1.29 is 14.7 Å². The Balaban J connectivity index is 1.53. The number of rotatable bonds is 6. The molecule has 1 aromatic carbocycles. The third-order valence-corrected chi connectivity index (χ3v) is 4.23. The number of hydrogen-bond donors (Lipinski definition) is 3. The minimum Gasteiger partial charge on any atom is -0.481 e. The van der Waals surface area contributed by atoms with Crippen molar-refractivity contribution in [2.75, 3.05) is 6.54 Å². The van der Waals surface area contributed by atoms with Gasteiger partial charge >= 0.3 is 5.97 Å². The minimum atomic E-state index is -0.806. The molecule has 1 amide bonds. The minimum absolute atomic E-state index is 0.0900. The lowest BCUT2D eigenvalue weighted by molar-refractivity contribution is -0.143. The zero-order valence-corrected chi connectivity index (χ0v) is 11.7. The van der Waals surface area contributed by atoms with Crippen LogP contribution in [0.25, 0.3) is 10.9 Å². The van der Waals surface area contributed by atoms with Crippen LogP contribution in [0.5, 0.6) is 0 Å². The van der Waals surface area contributed by atoms with E-state index in [9.17, 15) is 9.59 Å². The SMILES string of the molecule is O=C(CCc1c[nH]c2ccccc12)NCC1(C(=O)O)CC1. The van der Waals surface area contributed by atoms with Crippen LogP contribution in [0.15, 0.2) is 30.5 Å². The van der Waals surface area contributed by atoms with Crippen molar-refractivity contribution in [3.05, 3.63) is 36.0 Å². The monoisotopic (exact) mass is 286 g/mol. The number of para-hydroxylation sites is 1. The number of carboxylic acid groups (broad SMARTS) is 1. The molecule has 1 fully saturated rings. The van der Waals surface area contributed by atoms with Gasteiger partial charge in [0.15, 0.2) is 0 Å². The van der Waals surface area contributed by atoms with Crippen molar-refractivity contribution in [2.24, 2.45) is 5.41 Å². The number of benzene rings is 1. The Hall–Kier alpha value is -2.30. The van der Waals surface area contributed by atoms with E-state index in [1.54, 1.807) is 0 Å². The van der Waals surface area contributed by atoms with Crippen LogP contribution in [0, 0.1) is 5.41 Å². The van der Waals surface area contributed by atoms with Gasteiger partial charge in [-0.05, 0) is 30.9 Å². The molecule has 1 aliphatic rings. The van der Waals surface area contributed by atoms with Gasteiger partial charge in [-0.1, -0.05) is 18.2 Å². The fourth-order valence-corrected chi connectivity index (χ4v) is 2.56. The van der Waals surface area contributed by atoms with E-state index in [-0.39, 0.29) is 12.5 Å². The zero-order valence-electron chi connectivity index (χ0n) is 11.7. The van der Waals surface area contributed by atoms with Crippen molar-refractivity contribution >= 4 is 22.8 Å². The van der Waals surface area contributed by atoms with E-state index in [2.05, 4.69) is 10.3 Å². The maximum atomic E-state index is 11.9. The highest BCUT2D eigenvalue weighted by atomic mass is 16.4. The largest absolute Gasteiger partial charge is 0.481 e. The van der Waals surface area contributed by atoms with E-state index in [0.717, 1.165) is 16.5 Å². The molecular weight excluding hydrogens is 268 g/mol. The van der Waals surface area contributed by atoms with Gasteiger partial charge in [-0.3, -0.25) is 9.59 Å². The molecule has 0 aliphatic heterocycles. The number of aryl methyl sites for hydroxylation is 1. The van der Waals surface area contributed by atoms with Gasteiger partial charge in [-0.2, -0.15) is 0 Å². The second-order valence-electron chi connectivity index (χ2n) is 5.72. The van der Waals surface area contributed by atoms with Crippen molar-refractivity contribution in [1.82, 2.24) is 10.3 Å². The van der Waals surface area contributed by atoms with Gasteiger partial charge in [0.2, 0.25) is 5.91 Å². The molecule has 0 saturated heterocycles. The van der Waals surface area contributed by atoms with Gasteiger partial charge in [0.25, 0.3) is 0 Å². The molecule has 2 aromatic rings. The number of carbonyl (C=O) groups excluding carboxylic acids is 1. The first-order valence-electron chi connectivity index (χ1n) is 7.16. The molecule has 110 valence electrons. The van der Waals surface area contributed by atoms with E-state index in [1.807, 2.05) is 30.5 Å². The highest BCUT2D eigenvalue weighted by molar-refractivity contribution is 5.84. The van der Waals surface area contributed by atoms with Crippen LogP contribution in [-0.4, -0.2) is 28.5 Å². The second kappa shape index (κ2) is 5.24. The summed E-state index contributed by atoms with van der Waals surface area (Å²) in [5.74, 6) is -0.896. The van der Waals surface area contributed by atoms with E-state index < -0.39 is 11.4 Å². The fraction of sp³-hybridized carbons (Fsp3) is 0.375. The van der Waals surface area contributed by atoms with Crippen molar-refractivity contribution in [2.45, 2.75) is 25.7 Å². The molecule has 0 radical (unpaired) electrons. The Bertz CT molecular complexity index is 686. The van der Waals surface area contributed by atoms with Gasteiger partial charge in [0.05, 0.1) is 5.41 Å². The standard InChI is InChI=1S/C16H18N2O3/c19-14(18-10-16(7-8-16)15(20)21)6-5-11-9-17-13-4-2-1-3-12(11)13/h1-4,9,17H,5-8,10H2,(H,18,19)(H,20,21). The smallest absolute Gasteiger partial charge is 0.311 e. The van der Waals surface area contributed by atoms with Gasteiger partial charge in [0.1, 0.15) is 0 Å². The number of aliphatic carboxylic acids is 1. The first-order chi connectivity index (χ1) is 10.1. The molecule has 3 rings (SSSR count). The van der Waals surface area contributed by atoms with Crippen molar-refractivity contribution in [3.8, 4) is 0 Å². The fourth-order valence-electron chi connectivity index (χ4n) is 2.56. The van der Waals surface area contributed by atoms with E-state index in [4.69, 9.17) is 5.11 Å². The molecule has 0 bridgehead atoms. The predicted molar refractivity (Wildman–Crippen MR) is 78.9 cm³/mol. The summed E-state index contributed by atoms with van der Waals surface area (Å²) >= 11 is 0. The summed E-state index contributed by atoms with van der Waals surface area (Å²) in [7, 11) is 0. The Labute approximate surface area is 122 Å². The van der Waals surface area contributed by atoms with Crippen LogP contribution in [-0.2, 0) is 16.0 Å².